The molecule has 25 heavy (non-hydrogen) atoms. The van der Waals surface area contributed by atoms with E-state index >= 15 is 0 Å². The van der Waals surface area contributed by atoms with Gasteiger partial charge in [0, 0.05) is 14.0 Å². The van der Waals surface area contributed by atoms with Gasteiger partial charge >= 0.3 is 12.1 Å². The summed E-state index contributed by atoms with van der Waals surface area (Å²) in [6, 6.07) is 9.62. The molecule has 0 aromatic heterocycles. The standard InChI is InChI=1S/C17H20O8/c1-10(18)22-13-12(9-21-8-11-6-4-3-5-7-11)23-16(20-2)15-14(13)24-17(19)25-15/h3-7,12-16H,8-9H2,1-2H3/t12-,13-,14+,15-,16+/m1/s1. The number of hydrogen-bond donors (Lipinski definition) is 0. The number of benzene rings is 1. The molecular formula is C17H20O8. The van der Waals surface area contributed by atoms with Crippen molar-refractivity contribution < 1.29 is 38.0 Å². The second kappa shape index (κ2) is 7.81. The number of carbonyl (C=O) groups is 2. The Labute approximate surface area is 144 Å². The van der Waals surface area contributed by atoms with Crippen LogP contribution < -0.4 is 0 Å². The van der Waals surface area contributed by atoms with Gasteiger partial charge in [0.15, 0.2) is 24.6 Å². The quantitative estimate of drug-likeness (QED) is 0.710. The van der Waals surface area contributed by atoms with E-state index in [1.807, 2.05) is 30.3 Å². The number of fused-ring (bicyclic) bond motifs is 1. The topological polar surface area (TPSA) is 89.5 Å². The predicted octanol–water partition coefficient (Wildman–Crippen LogP) is 1.41. The number of rotatable bonds is 6. The minimum atomic E-state index is -0.844. The molecule has 0 N–H and O–H groups in total. The van der Waals surface area contributed by atoms with E-state index in [1.165, 1.54) is 14.0 Å². The molecule has 1 aromatic rings. The highest BCUT2D eigenvalue weighted by molar-refractivity contribution is 5.67. The van der Waals surface area contributed by atoms with E-state index < -0.39 is 42.8 Å². The molecule has 2 fully saturated rings. The minimum absolute atomic E-state index is 0.132. The monoisotopic (exact) mass is 352 g/mol. The van der Waals surface area contributed by atoms with Crippen LogP contribution in [0.1, 0.15) is 12.5 Å². The Morgan fingerprint density at radius 3 is 2.56 bits per heavy atom. The van der Waals surface area contributed by atoms with Crippen LogP contribution in [0.5, 0.6) is 0 Å². The maximum atomic E-state index is 11.5. The molecule has 2 saturated heterocycles. The average molecular weight is 352 g/mol. The Balaban J connectivity index is 1.68. The van der Waals surface area contributed by atoms with Crippen LogP contribution in [0.25, 0.3) is 0 Å². The van der Waals surface area contributed by atoms with Gasteiger partial charge < -0.3 is 28.4 Å². The third-order valence-corrected chi connectivity index (χ3v) is 3.98. The van der Waals surface area contributed by atoms with Crippen LogP contribution in [-0.4, -0.2) is 56.5 Å². The van der Waals surface area contributed by atoms with Crippen LogP contribution in [-0.2, 0) is 39.8 Å². The molecule has 0 spiro atoms. The largest absolute Gasteiger partial charge is 0.509 e. The van der Waals surface area contributed by atoms with Crippen molar-refractivity contribution in [2.24, 2.45) is 0 Å². The van der Waals surface area contributed by atoms with Gasteiger partial charge in [-0.15, -0.1) is 0 Å². The van der Waals surface area contributed by atoms with Crippen LogP contribution in [0.3, 0.4) is 0 Å². The zero-order chi connectivity index (χ0) is 17.8. The molecule has 2 aliphatic heterocycles. The van der Waals surface area contributed by atoms with Gasteiger partial charge in [0.2, 0.25) is 0 Å². The summed E-state index contributed by atoms with van der Waals surface area (Å²) in [5, 5.41) is 0. The summed E-state index contributed by atoms with van der Waals surface area (Å²) in [4.78, 5) is 22.9. The van der Waals surface area contributed by atoms with E-state index in [0.29, 0.717) is 6.61 Å². The Morgan fingerprint density at radius 1 is 1.16 bits per heavy atom. The first-order valence-electron chi connectivity index (χ1n) is 7.93. The van der Waals surface area contributed by atoms with Gasteiger partial charge in [-0.05, 0) is 5.56 Å². The lowest BCUT2D eigenvalue weighted by Gasteiger charge is -2.39. The molecule has 0 saturated carbocycles. The smallest absolute Gasteiger partial charge is 0.456 e. The van der Waals surface area contributed by atoms with E-state index in [4.69, 9.17) is 28.4 Å². The normalized spacial score (nSPS) is 31.0. The van der Waals surface area contributed by atoms with Crippen LogP contribution in [0, 0.1) is 0 Å². The molecule has 0 radical (unpaired) electrons. The van der Waals surface area contributed by atoms with Crippen LogP contribution in [0.2, 0.25) is 0 Å². The molecule has 0 amide bonds. The molecule has 2 heterocycles. The van der Waals surface area contributed by atoms with Crippen molar-refractivity contribution >= 4 is 12.1 Å². The fourth-order valence-electron chi connectivity index (χ4n) is 2.91. The fraction of sp³-hybridized carbons (Fsp3) is 0.529. The van der Waals surface area contributed by atoms with Gasteiger partial charge in [-0.3, -0.25) is 4.79 Å². The highest BCUT2D eigenvalue weighted by Gasteiger charge is 2.56. The van der Waals surface area contributed by atoms with Crippen molar-refractivity contribution in [3.8, 4) is 0 Å². The second-order valence-electron chi connectivity index (χ2n) is 5.77. The van der Waals surface area contributed by atoms with E-state index in [2.05, 4.69) is 0 Å². The average Bonchev–Trinajstić information content (AvgIpc) is 2.98. The lowest BCUT2D eigenvalue weighted by Crippen LogP contribution is -2.59. The van der Waals surface area contributed by atoms with Gasteiger partial charge in [0.25, 0.3) is 0 Å². The molecule has 3 rings (SSSR count). The molecule has 1 aromatic carbocycles. The highest BCUT2D eigenvalue weighted by atomic mass is 16.8. The third-order valence-electron chi connectivity index (χ3n) is 3.98. The molecular weight excluding hydrogens is 332 g/mol. The summed E-state index contributed by atoms with van der Waals surface area (Å²) in [5.74, 6) is -0.515. The molecule has 0 aliphatic carbocycles. The first kappa shape index (κ1) is 17.7. The van der Waals surface area contributed by atoms with Crippen molar-refractivity contribution in [3.63, 3.8) is 0 Å². The van der Waals surface area contributed by atoms with Crippen molar-refractivity contribution in [1.82, 2.24) is 0 Å². The maximum Gasteiger partial charge on any atom is 0.509 e. The summed E-state index contributed by atoms with van der Waals surface area (Å²) in [6.07, 6.45) is -4.77. The van der Waals surface area contributed by atoms with Gasteiger partial charge in [-0.1, -0.05) is 30.3 Å². The molecule has 0 unspecified atom stereocenters. The molecule has 8 heteroatoms. The zero-order valence-electron chi connectivity index (χ0n) is 14.0. The second-order valence-corrected chi connectivity index (χ2v) is 5.77. The van der Waals surface area contributed by atoms with Gasteiger partial charge in [-0.2, -0.15) is 0 Å². The highest BCUT2D eigenvalue weighted by Crippen LogP contribution is 2.33. The number of esters is 1. The zero-order valence-corrected chi connectivity index (χ0v) is 14.0. The minimum Gasteiger partial charge on any atom is -0.456 e. The molecule has 5 atom stereocenters. The van der Waals surface area contributed by atoms with E-state index in [9.17, 15) is 9.59 Å². The summed E-state index contributed by atoms with van der Waals surface area (Å²) >= 11 is 0. The third kappa shape index (κ3) is 4.09. The Bertz CT molecular complexity index is 604. The number of carbonyl (C=O) groups excluding carboxylic acids is 2. The lowest BCUT2D eigenvalue weighted by atomic mass is 9.99. The first-order chi connectivity index (χ1) is 12.1. The Kier molecular flexibility index (Phi) is 5.52. The maximum absolute atomic E-state index is 11.5. The first-order valence-corrected chi connectivity index (χ1v) is 7.93. The molecule has 136 valence electrons. The van der Waals surface area contributed by atoms with Crippen molar-refractivity contribution in [2.45, 2.75) is 44.2 Å². The Morgan fingerprint density at radius 2 is 1.88 bits per heavy atom. The molecule has 0 bridgehead atoms. The van der Waals surface area contributed by atoms with Crippen LogP contribution in [0.4, 0.5) is 4.79 Å². The molecule has 8 nitrogen and oxygen atoms in total. The number of ether oxygens (including phenoxy) is 6. The summed E-state index contributed by atoms with van der Waals surface area (Å²) in [5.41, 5.74) is 0.999. The summed E-state index contributed by atoms with van der Waals surface area (Å²) in [6.45, 7) is 1.78. The summed E-state index contributed by atoms with van der Waals surface area (Å²) in [7, 11) is 1.43. The van der Waals surface area contributed by atoms with Crippen molar-refractivity contribution in [1.29, 1.82) is 0 Å². The van der Waals surface area contributed by atoms with Crippen molar-refractivity contribution in [3.05, 3.63) is 35.9 Å². The lowest BCUT2D eigenvalue weighted by molar-refractivity contribution is -0.276. The van der Waals surface area contributed by atoms with Gasteiger partial charge in [0.05, 0.1) is 13.2 Å². The SMILES string of the molecule is CO[C@H]1O[C@H](COCc2ccccc2)[C@@H](OC(C)=O)[C@@H]2OC(=O)O[C@@H]12. The van der Waals surface area contributed by atoms with E-state index in [-0.39, 0.29) is 6.61 Å². The van der Waals surface area contributed by atoms with Gasteiger partial charge in [0.1, 0.15) is 6.10 Å². The molecule has 2 aliphatic rings. The fourth-order valence-corrected chi connectivity index (χ4v) is 2.91. The van der Waals surface area contributed by atoms with E-state index in [0.717, 1.165) is 5.56 Å². The Hall–Kier alpha value is -2.16. The predicted molar refractivity (Wildman–Crippen MR) is 82.5 cm³/mol. The number of hydrogen-bond acceptors (Lipinski definition) is 8. The van der Waals surface area contributed by atoms with Gasteiger partial charge in [-0.25, -0.2) is 4.79 Å². The van der Waals surface area contributed by atoms with Crippen molar-refractivity contribution in [2.75, 3.05) is 13.7 Å². The summed E-state index contributed by atoms with van der Waals surface area (Å²) < 4.78 is 32.2. The van der Waals surface area contributed by atoms with E-state index in [1.54, 1.807) is 0 Å². The van der Waals surface area contributed by atoms with Crippen LogP contribution >= 0.6 is 0 Å². The van der Waals surface area contributed by atoms with Crippen LogP contribution in [0.15, 0.2) is 30.3 Å². The number of methoxy groups -OCH3 is 1.